The lowest BCUT2D eigenvalue weighted by Crippen LogP contribution is -2.50. The Morgan fingerprint density at radius 1 is 1.11 bits per heavy atom. The molecule has 0 fully saturated rings. The zero-order valence-corrected chi connectivity index (χ0v) is 13.6. The third kappa shape index (κ3) is 6.60. The fourth-order valence-corrected chi connectivity index (χ4v) is 1.39. The second-order valence-corrected chi connectivity index (χ2v) is 7.12. The van der Waals surface area contributed by atoms with Gasteiger partial charge in [0.15, 0.2) is 0 Å². The predicted molar refractivity (Wildman–Crippen MR) is 76.7 cm³/mol. The number of hydrogen-bond donors (Lipinski definition) is 1. The molecule has 0 bridgehead atoms. The molecule has 0 heterocycles. The van der Waals surface area contributed by atoms with Gasteiger partial charge in [0.1, 0.15) is 11.6 Å². The molecule has 4 nitrogen and oxygen atoms in total. The summed E-state index contributed by atoms with van der Waals surface area (Å²) in [5.41, 5.74) is -1.07. The number of nitrogens with one attached hydrogen (secondary N) is 1. The Kier molecular flexibility index (Phi) is 6.04. The lowest BCUT2D eigenvalue weighted by atomic mass is 9.92. The fourth-order valence-electron chi connectivity index (χ4n) is 1.39. The van der Waals surface area contributed by atoms with E-state index in [4.69, 9.17) is 4.74 Å². The van der Waals surface area contributed by atoms with Gasteiger partial charge in [-0.15, -0.1) is 0 Å². The first kappa shape index (κ1) is 17.9. The van der Waals surface area contributed by atoms with Crippen molar-refractivity contribution in [3.8, 4) is 0 Å². The van der Waals surface area contributed by atoms with Crippen LogP contribution in [0.5, 0.6) is 0 Å². The van der Waals surface area contributed by atoms with Gasteiger partial charge in [0.25, 0.3) is 0 Å². The lowest BCUT2D eigenvalue weighted by molar-refractivity contribution is -0.160. The number of carbonyl (C=O) groups is 2. The second kappa shape index (κ2) is 6.40. The minimum Gasteiger partial charge on any atom is -0.458 e. The molecule has 0 aromatic heterocycles. The van der Waals surface area contributed by atoms with Crippen LogP contribution >= 0.6 is 0 Å². The first-order chi connectivity index (χ1) is 8.38. The van der Waals surface area contributed by atoms with Crippen LogP contribution in [0.4, 0.5) is 0 Å². The van der Waals surface area contributed by atoms with E-state index < -0.39 is 17.1 Å². The third-order valence-corrected chi connectivity index (χ3v) is 2.84. The topological polar surface area (TPSA) is 55.4 Å². The van der Waals surface area contributed by atoms with E-state index >= 15 is 0 Å². The van der Waals surface area contributed by atoms with Crippen LogP contribution in [-0.4, -0.2) is 23.5 Å². The van der Waals surface area contributed by atoms with E-state index in [1.165, 1.54) is 0 Å². The Hall–Kier alpha value is -1.06. The van der Waals surface area contributed by atoms with E-state index in [-0.39, 0.29) is 17.8 Å². The van der Waals surface area contributed by atoms with Gasteiger partial charge < -0.3 is 10.1 Å². The zero-order valence-electron chi connectivity index (χ0n) is 13.6. The summed E-state index contributed by atoms with van der Waals surface area (Å²) < 4.78 is 5.38. The molecule has 0 spiro atoms. The van der Waals surface area contributed by atoms with E-state index in [9.17, 15) is 9.59 Å². The Morgan fingerprint density at radius 3 is 1.89 bits per heavy atom. The minimum atomic E-state index is -0.587. The van der Waals surface area contributed by atoms with Crippen LogP contribution in [0.2, 0.25) is 0 Å². The van der Waals surface area contributed by atoms with Gasteiger partial charge in [-0.1, -0.05) is 41.0 Å². The van der Waals surface area contributed by atoms with Crippen molar-refractivity contribution in [1.29, 1.82) is 0 Å². The molecular formula is C15H29NO3. The van der Waals surface area contributed by atoms with Crippen molar-refractivity contribution in [3.05, 3.63) is 0 Å². The van der Waals surface area contributed by atoms with Crippen molar-refractivity contribution < 1.29 is 14.3 Å². The molecule has 1 N–H and O–H groups in total. The van der Waals surface area contributed by atoms with E-state index in [0.717, 1.165) is 6.42 Å². The highest BCUT2D eigenvalue weighted by Gasteiger charge is 2.33. The predicted octanol–water partition coefficient (Wildman–Crippen LogP) is 2.91. The second-order valence-electron chi connectivity index (χ2n) is 7.12. The number of carbonyl (C=O) groups excluding carboxylic acids is 2. The third-order valence-electron chi connectivity index (χ3n) is 2.84. The summed E-state index contributed by atoms with van der Waals surface area (Å²) in [6, 6.07) is -0.587. The van der Waals surface area contributed by atoms with Crippen molar-refractivity contribution in [2.75, 3.05) is 0 Å². The molecule has 0 unspecified atom stereocenters. The molecular weight excluding hydrogens is 242 g/mol. The van der Waals surface area contributed by atoms with Crippen LogP contribution in [-0.2, 0) is 14.3 Å². The Labute approximate surface area is 117 Å². The summed E-state index contributed by atoms with van der Waals surface area (Å²) in [5.74, 6) is -0.454. The summed E-state index contributed by atoms with van der Waals surface area (Å²) in [6.45, 7) is 14.9. The molecule has 0 rings (SSSR count). The Balaban J connectivity index is 4.93. The molecule has 19 heavy (non-hydrogen) atoms. The maximum absolute atomic E-state index is 12.2. The van der Waals surface area contributed by atoms with Gasteiger partial charge >= 0.3 is 5.97 Å². The summed E-state index contributed by atoms with van der Waals surface area (Å²) >= 11 is 0. The molecule has 0 radical (unpaired) electrons. The number of ether oxygens (including phenoxy) is 1. The molecule has 0 aliphatic rings. The number of esters is 1. The average molecular weight is 271 g/mol. The molecule has 0 saturated carbocycles. The molecule has 2 atom stereocenters. The minimum absolute atomic E-state index is 0.0427. The molecule has 112 valence electrons. The van der Waals surface area contributed by atoms with Gasteiger partial charge in [0, 0.05) is 5.41 Å². The van der Waals surface area contributed by atoms with Gasteiger partial charge in [-0.05, 0) is 26.7 Å². The largest absolute Gasteiger partial charge is 0.458 e. The summed E-state index contributed by atoms with van der Waals surface area (Å²) in [7, 11) is 0. The SMILES string of the molecule is CC[C@H](C)[C@H](NC(=O)C(C)(C)C)C(=O)OC(C)(C)C. The van der Waals surface area contributed by atoms with E-state index in [1.807, 2.05) is 55.4 Å². The van der Waals surface area contributed by atoms with Crippen molar-refractivity contribution in [2.45, 2.75) is 73.5 Å². The summed E-state index contributed by atoms with van der Waals surface area (Å²) in [6.07, 6.45) is 0.800. The van der Waals surface area contributed by atoms with Crippen LogP contribution in [0, 0.1) is 11.3 Å². The molecule has 0 aliphatic heterocycles. The van der Waals surface area contributed by atoms with Crippen molar-refractivity contribution in [3.63, 3.8) is 0 Å². The first-order valence-electron chi connectivity index (χ1n) is 6.92. The van der Waals surface area contributed by atoms with Crippen molar-refractivity contribution in [1.82, 2.24) is 5.32 Å². The Morgan fingerprint density at radius 2 is 1.58 bits per heavy atom. The normalized spacial score (nSPS) is 15.6. The molecule has 0 aromatic carbocycles. The maximum atomic E-state index is 12.2. The fraction of sp³-hybridized carbons (Fsp3) is 0.867. The lowest BCUT2D eigenvalue weighted by Gasteiger charge is -2.29. The van der Waals surface area contributed by atoms with E-state index in [2.05, 4.69) is 5.32 Å². The van der Waals surface area contributed by atoms with Crippen molar-refractivity contribution >= 4 is 11.9 Å². The van der Waals surface area contributed by atoms with Crippen LogP contribution < -0.4 is 5.32 Å². The van der Waals surface area contributed by atoms with Gasteiger partial charge in [0.2, 0.25) is 5.91 Å². The highest BCUT2D eigenvalue weighted by atomic mass is 16.6. The quantitative estimate of drug-likeness (QED) is 0.800. The first-order valence-corrected chi connectivity index (χ1v) is 6.92. The van der Waals surface area contributed by atoms with Crippen molar-refractivity contribution in [2.24, 2.45) is 11.3 Å². The monoisotopic (exact) mass is 271 g/mol. The molecule has 0 aromatic rings. The Bertz CT molecular complexity index is 323. The zero-order chi connectivity index (χ0) is 15.4. The standard InChI is InChI=1S/C15H29NO3/c1-9-10(2)11(12(17)19-15(6,7)8)16-13(18)14(3,4)5/h10-11H,9H2,1-8H3,(H,16,18)/t10-,11-/m0/s1. The van der Waals surface area contributed by atoms with Gasteiger partial charge in [-0.3, -0.25) is 4.79 Å². The van der Waals surface area contributed by atoms with Crippen LogP contribution in [0.3, 0.4) is 0 Å². The number of rotatable bonds is 4. The van der Waals surface area contributed by atoms with E-state index in [0.29, 0.717) is 0 Å². The molecule has 1 amide bonds. The highest BCUT2D eigenvalue weighted by Crippen LogP contribution is 2.18. The summed E-state index contributed by atoms with van der Waals surface area (Å²) in [5, 5.41) is 2.82. The van der Waals surface area contributed by atoms with Crippen LogP contribution in [0.15, 0.2) is 0 Å². The molecule has 4 heteroatoms. The van der Waals surface area contributed by atoms with Gasteiger partial charge in [-0.2, -0.15) is 0 Å². The van der Waals surface area contributed by atoms with Gasteiger partial charge in [0.05, 0.1) is 0 Å². The molecule has 0 saturated heterocycles. The number of hydrogen-bond acceptors (Lipinski definition) is 3. The average Bonchev–Trinajstić information content (AvgIpc) is 2.20. The van der Waals surface area contributed by atoms with E-state index in [1.54, 1.807) is 0 Å². The highest BCUT2D eigenvalue weighted by molar-refractivity contribution is 5.87. The smallest absolute Gasteiger partial charge is 0.329 e. The van der Waals surface area contributed by atoms with Crippen LogP contribution in [0.25, 0.3) is 0 Å². The molecule has 0 aliphatic carbocycles. The maximum Gasteiger partial charge on any atom is 0.329 e. The van der Waals surface area contributed by atoms with Gasteiger partial charge in [-0.25, -0.2) is 4.79 Å². The summed E-state index contributed by atoms with van der Waals surface area (Å²) in [4.78, 5) is 24.2. The van der Waals surface area contributed by atoms with Crippen LogP contribution in [0.1, 0.15) is 61.8 Å². The number of amides is 1.